The van der Waals surface area contributed by atoms with E-state index in [-0.39, 0.29) is 12.4 Å². The smallest absolute Gasteiger partial charge is 0.427 e. The van der Waals surface area contributed by atoms with Gasteiger partial charge >= 0.3 is 10.3 Å². The first kappa shape index (κ1) is 30.8. The molecule has 1 aliphatic rings. The monoisotopic (exact) mass is 478 g/mol. The van der Waals surface area contributed by atoms with Crippen LogP contribution in [0.25, 0.3) is 0 Å². The molecule has 1 aliphatic heterocycles. The van der Waals surface area contributed by atoms with E-state index >= 15 is 0 Å². The highest BCUT2D eigenvalue weighted by atomic mass is 32.2. The molecular weight excluding hydrogens is 432 g/mol. The molecule has 1 N–H and O–H groups in total. The van der Waals surface area contributed by atoms with Crippen LogP contribution in [0.3, 0.4) is 0 Å². The maximum absolute atomic E-state index is 10.4. The lowest BCUT2D eigenvalue weighted by Crippen LogP contribution is -2.43. The van der Waals surface area contributed by atoms with Crippen LogP contribution < -0.4 is 5.11 Å². The minimum atomic E-state index is -3.97. The minimum Gasteiger partial charge on any atom is -0.858 e. The fourth-order valence-electron chi connectivity index (χ4n) is 3.21. The Bertz CT molecular complexity index is 632. The second kappa shape index (κ2) is 18.3. The van der Waals surface area contributed by atoms with Crippen molar-refractivity contribution < 1.29 is 32.0 Å². The summed E-state index contributed by atoms with van der Waals surface area (Å²) < 4.78 is 34.2. The van der Waals surface area contributed by atoms with E-state index in [0.717, 1.165) is 23.7 Å². The molecule has 0 radical (unpaired) electrons. The number of aliphatic hydroxyl groups is 1. The standard InChI is InChI=1S/C19H42NO2.C4H5NO4S/c1-4-5-6-7-8-9-10-11-12-13-14-15-18-22-19-20(2,3)16-17-21;1-3-2-4(6)5-10(7,8)9-3/h21H,4-19H2,1-3H3;2H,1H3,(H,5,6)/q+1;/p-1. The molecule has 0 unspecified atom stereocenters. The first-order valence-electron chi connectivity index (χ1n) is 12.0. The van der Waals surface area contributed by atoms with E-state index < -0.39 is 16.2 Å². The predicted octanol–water partition coefficient (Wildman–Crippen LogP) is 3.65. The topological polar surface area (TPSA) is 108 Å². The van der Waals surface area contributed by atoms with Crippen LogP contribution in [0.15, 0.2) is 16.2 Å². The number of hydrogen-bond acceptors (Lipinski definition) is 6. The Balaban J connectivity index is 0.000000792. The van der Waals surface area contributed by atoms with Gasteiger partial charge < -0.3 is 23.6 Å². The average molecular weight is 479 g/mol. The van der Waals surface area contributed by atoms with Gasteiger partial charge in [0.1, 0.15) is 12.3 Å². The van der Waals surface area contributed by atoms with Gasteiger partial charge in [0.15, 0.2) is 6.73 Å². The lowest BCUT2D eigenvalue weighted by atomic mass is 10.1. The summed E-state index contributed by atoms with van der Waals surface area (Å²) in [4.78, 5) is 0. The molecular formula is C23H46N2O6S. The number of aliphatic hydroxyl groups excluding tert-OH is 1. The van der Waals surface area contributed by atoms with Crippen molar-refractivity contribution in [1.29, 1.82) is 0 Å². The van der Waals surface area contributed by atoms with Crippen molar-refractivity contribution in [1.82, 2.24) is 0 Å². The molecule has 1 rings (SSSR count). The fourth-order valence-corrected chi connectivity index (χ4v) is 3.90. The van der Waals surface area contributed by atoms with E-state index in [1.807, 2.05) is 0 Å². The third kappa shape index (κ3) is 19.5. The zero-order valence-corrected chi connectivity index (χ0v) is 21.5. The molecule has 32 heavy (non-hydrogen) atoms. The van der Waals surface area contributed by atoms with Crippen molar-refractivity contribution in [2.24, 2.45) is 4.40 Å². The SMILES string of the molecule is CC1=CC([O-])=NS(=O)(=O)O1.CCCCCCCCCCCCCCOC[N+](C)(C)CCO. The van der Waals surface area contributed by atoms with E-state index in [9.17, 15) is 13.5 Å². The maximum Gasteiger partial charge on any atom is 0.427 e. The maximum atomic E-state index is 10.4. The van der Waals surface area contributed by atoms with Crippen LogP contribution in [0.2, 0.25) is 0 Å². The molecule has 190 valence electrons. The van der Waals surface area contributed by atoms with Gasteiger partial charge in [0.2, 0.25) is 0 Å². The zero-order chi connectivity index (χ0) is 24.3. The first-order valence-corrected chi connectivity index (χ1v) is 13.4. The summed E-state index contributed by atoms with van der Waals surface area (Å²) in [5.41, 5.74) is 0. The summed E-state index contributed by atoms with van der Waals surface area (Å²) in [5, 5.41) is 19.3. The van der Waals surface area contributed by atoms with E-state index in [1.54, 1.807) is 0 Å². The molecule has 0 aromatic heterocycles. The normalized spacial score (nSPS) is 15.3. The number of allylic oxidation sites excluding steroid dienone is 1. The van der Waals surface area contributed by atoms with Gasteiger partial charge in [-0.25, -0.2) is 0 Å². The van der Waals surface area contributed by atoms with Gasteiger partial charge in [-0.15, -0.1) is 4.40 Å². The van der Waals surface area contributed by atoms with Crippen molar-refractivity contribution in [3.63, 3.8) is 0 Å². The van der Waals surface area contributed by atoms with Gasteiger partial charge in [0, 0.05) is 5.90 Å². The van der Waals surface area contributed by atoms with Crippen molar-refractivity contribution in [2.75, 3.05) is 40.6 Å². The van der Waals surface area contributed by atoms with Crippen LogP contribution in [0, 0.1) is 0 Å². The third-order valence-corrected chi connectivity index (χ3v) is 5.93. The highest BCUT2D eigenvalue weighted by Gasteiger charge is 2.13. The molecule has 0 amide bonds. The van der Waals surface area contributed by atoms with E-state index in [4.69, 9.17) is 9.84 Å². The molecule has 0 spiro atoms. The van der Waals surface area contributed by atoms with E-state index in [1.165, 1.54) is 84.0 Å². The Hall–Kier alpha value is -1.16. The Morgan fingerprint density at radius 3 is 1.94 bits per heavy atom. The highest BCUT2D eigenvalue weighted by molar-refractivity contribution is 7.85. The Morgan fingerprint density at radius 1 is 1.00 bits per heavy atom. The molecule has 0 bridgehead atoms. The molecule has 8 nitrogen and oxygen atoms in total. The number of quaternary nitrogens is 1. The van der Waals surface area contributed by atoms with Crippen LogP contribution in [-0.4, -0.2) is 64.5 Å². The van der Waals surface area contributed by atoms with E-state index in [2.05, 4.69) is 29.6 Å². The van der Waals surface area contributed by atoms with Crippen LogP contribution in [0.5, 0.6) is 0 Å². The summed E-state index contributed by atoms with van der Waals surface area (Å²) in [6, 6.07) is 0. The molecule has 0 aliphatic carbocycles. The second-order valence-corrected chi connectivity index (χ2v) is 10.2. The molecule has 0 aromatic carbocycles. The summed E-state index contributed by atoms with van der Waals surface area (Å²) in [6.07, 6.45) is 17.6. The Labute approximate surface area is 196 Å². The molecule has 0 fully saturated rings. The van der Waals surface area contributed by atoms with Gasteiger partial charge in [-0.3, -0.25) is 0 Å². The highest BCUT2D eigenvalue weighted by Crippen LogP contribution is 2.12. The van der Waals surface area contributed by atoms with Crippen molar-refractivity contribution in [3.8, 4) is 0 Å². The van der Waals surface area contributed by atoms with Gasteiger partial charge in [-0.1, -0.05) is 77.6 Å². The number of rotatable bonds is 17. The lowest BCUT2D eigenvalue weighted by molar-refractivity contribution is -0.910. The second-order valence-electron chi connectivity index (χ2n) is 9.00. The van der Waals surface area contributed by atoms with E-state index in [0.29, 0.717) is 6.73 Å². The van der Waals surface area contributed by atoms with Gasteiger partial charge in [0.05, 0.1) is 27.3 Å². The lowest BCUT2D eigenvalue weighted by Gasteiger charge is -2.28. The zero-order valence-electron chi connectivity index (χ0n) is 20.7. The minimum absolute atomic E-state index is 0.0417. The quantitative estimate of drug-likeness (QED) is 0.194. The number of unbranched alkanes of at least 4 members (excludes halogenated alkanes) is 11. The summed E-state index contributed by atoms with van der Waals surface area (Å²) in [5.74, 6) is -0.760. The molecule has 9 heteroatoms. The number of likely N-dealkylation sites (N-methyl/N-ethyl adjacent to an activating group) is 1. The van der Waals surface area contributed by atoms with Crippen molar-refractivity contribution >= 4 is 16.2 Å². The van der Waals surface area contributed by atoms with Crippen molar-refractivity contribution in [3.05, 3.63) is 11.8 Å². The Morgan fingerprint density at radius 2 is 1.50 bits per heavy atom. The largest absolute Gasteiger partial charge is 0.858 e. The van der Waals surface area contributed by atoms with Gasteiger partial charge in [0.25, 0.3) is 0 Å². The number of hydrogen-bond donors (Lipinski definition) is 1. The molecule has 0 atom stereocenters. The summed E-state index contributed by atoms with van der Waals surface area (Å²) in [6.45, 7) is 6.21. The molecule has 0 aromatic rings. The summed E-state index contributed by atoms with van der Waals surface area (Å²) >= 11 is 0. The third-order valence-electron chi connectivity index (χ3n) is 5.05. The Kier molecular flexibility index (Phi) is 17.6. The number of nitrogens with zero attached hydrogens (tertiary/aromatic N) is 2. The molecule has 0 saturated heterocycles. The summed E-state index contributed by atoms with van der Waals surface area (Å²) in [7, 11) is 0.217. The predicted molar refractivity (Wildman–Crippen MR) is 127 cm³/mol. The van der Waals surface area contributed by atoms with Crippen LogP contribution in [0.1, 0.15) is 90.9 Å². The molecule has 0 saturated carbocycles. The van der Waals surface area contributed by atoms with Gasteiger partial charge in [-0.2, -0.15) is 8.42 Å². The molecule has 1 heterocycles. The van der Waals surface area contributed by atoms with Crippen LogP contribution in [-0.2, 0) is 19.2 Å². The van der Waals surface area contributed by atoms with Crippen LogP contribution in [0.4, 0.5) is 0 Å². The fraction of sp³-hybridized carbons (Fsp3) is 0.870. The average Bonchev–Trinajstić information content (AvgIpc) is 2.66. The van der Waals surface area contributed by atoms with Gasteiger partial charge in [-0.05, 0) is 19.4 Å². The first-order chi connectivity index (χ1) is 15.1. The van der Waals surface area contributed by atoms with Crippen molar-refractivity contribution in [2.45, 2.75) is 90.9 Å². The van der Waals surface area contributed by atoms with Crippen LogP contribution >= 0.6 is 0 Å². The number of ether oxygens (including phenoxy) is 1.